The van der Waals surface area contributed by atoms with Crippen molar-refractivity contribution in [3.05, 3.63) is 89.5 Å². The monoisotopic (exact) mass is 374 g/mol. The van der Waals surface area contributed by atoms with Gasteiger partial charge in [0.2, 0.25) is 0 Å². The van der Waals surface area contributed by atoms with Gasteiger partial charge >= 0.3 is 0 Å². The molecule has 4 rings (SSSR count). The molecule has 0 aliphatic carbocycles. The molecule has 2 N–H and O–H groups in total. The maximum absolute atomic E-state index is 5.55. The van der Waals surface area contributed by atoms with Crippen molar-refractivity contribution >= 4 is 5.69 Å². The summed E-state index contributed by atoms with van der Waals surface area (Å²) in [6.07, 6.45) is 0.929. The Hall–Kier alpha value is -2.98. The van der Waals surface area contributed by atoms with Gasteiger partial charge in [0.15, 0.2) is 11.5 Å². The lowest BCUT2D eigenvalue weighted by Gasteiger charge is -2.34. The largest absolute Gasteiger partial charge is 0.493 e. The molecular weight excluding hydrogens is 348 g/mol. The third-order valence-electron chi connectivity index (χ3n) is 5.28. The van der Waals surface area contributed by atoms with Gasteiger partial charge < -0.3 is 20.1 Å². The first-order valence-corrected chi connectivity index (χ1v) is 9.63. The number of hydrogen-bond donors (Lipinski definition) is 2. The van der Waals surface area contributed by atoms with Crippen LogP contribution in [0.3, 0.4) is 0 Å². The number of para-hydroxylation sites is 1. The normalized spacial score (nSPS) is 18.2. The summed E-state index contributed by atoms with van der Waals surface area (Å²) >= 11 is 0. The van der Waals surface area contributed by atoms with E-state index in [1.807, 2.05) is 6.07 Å². The minimum atomic E-state index is 0.118. The number of ether oxygens (including phenoxy) is 2. The lowest BCUT2D eigenvalue weighted by molar-refractivity contribution is 0.351. The fourth-order valence-corrected chi connectivity index (χ4v) is 3.88. The summed E-state index contributed by atoms with van der Waals surface area (Å²) in [5, 5.41) is 7.38. The summed E-state index contributed by atoms with van der Waals surface area (Å²) in [7, 11) is 3.37. The van der Waals surface area contributed by atoms with Crippen LogP contribution >= 0.6 is 0 Å². The van der Waals surface area contributed by atoms with Crippen LogP contribution < -0.4 is 20.1 Å². The van der Waals surface area contributed by atoms with Crippen LogP contribution in [0.1, 0.15) is 22.7 Å². The Kier molecular flexibility index (Phi) is 5.49. The molecular formula is C24H26N2O2. The van der Waals surface area contributed by atoms with E-state index in [0.717, 1.165) is 30.2 Å². The second-order valence-corrected chi connectivity index (χ2v) is 7.06. The molecule has 3 aromatic carbocycles. The highest BCUT2D eigenvalue weighted by Gasteiger charge is 2.29. The van der Waals surface area contributed by atoms with Gasteiger partial charge in [0.05, 0.1) is 20.3 Å². The summed E-state index contributed by atoms with van der Waals surface area (Å²) in [5.74, 6) is 1.55. The maximum Gasteiger partial charge on any atom is 0.161 e. The molecule has 0 fully saturated rings. The van der Waals surface area contributed by atoms with Gasteiger partial charge in [0.1, 0.15) is 0 Å². The molecule has 0 bridgehead atoms. The molecule has 0 saturated carbocycles. The topological polar surface area (TPSA) is 42.5 Å². The molecule has 2 atom stereocenters. The first-order chi connectivity index (χ1) is 13.8. The van der Waals surface area contributed by atoms with E-state index >= 15 is 0 Å². The van der Waals surface area contributed by atoms with Crippen molar-refractivity contribution in [2.75, 3.05) is 26.1 Å². The molecule has 3 aromatic rings. The minimum Gasteiger partial charge on any atom is -0.493 e. The van der Waals surface area contributed by atoms with Gasteiger partial charge in [-0.2, -0.15) is 0 Å². The molecule has 4 heteroatoms. The van der Waals surface area contributed by atoms with Crippen molar-refractivity contribution in [2.24, 2.45) is 0 Å². The number of benzene rings is 3. The van der Waals surface area contributed by atoms with E-state index < -0.39 is 0 Å². The standard InChI is InChI=1S/C24H26N2O2/c1-27-22-14-18-13-20(16-25-19-11-7-4-8-12-19)26-24(17-9-5-3-6-10-17)21(18)15-23(22)28-2/h3-12,14-15,20,24-26H,13,16H2,1-2H3/t20-,24-/m0/s1. The average molecular weight is 374 g/mol. The van der Waals surface area contributed by atoms with Gasteiger partial charge in [-0.1, -0.05) is 48.5 Å². The van der Waals surface area contributed by atoms with Crippen molar-refractivity contribution in [1.82, 2.24) is 5.32 Å². The number of methoxy groups -OCH3 is 2. The highest BCUT2D eigenvalue weighted by atomic mass is 16.5. The first-order valence-electron chi connectivity index (χ1n) is 9.63. The van der Waals surface area contributed by atoms with Crippen molar-refractivity contribution in [1.29, 1.82) is 0 Å². The van der Waals surface area contributed by atoms with Crippen molar-refractivity contribution < 1.29 is 9.47 Å². The van der Waals surface area contributed by atoms with Gasteiger partial charge in [-0.15, -0.1) is 0 Å². The van der Waals surface area contributed by atoms with Crippen LogP contribution in [0.2, 0.25) is 0 Å². The Bertz CT molecular complexity index is 913. The minimum absolute atomic E-state index is 0.118. The van der Waals surface area contributed by atoms with E-state index in [0.29, 0.717) is 6.04 Å². The van der Waals surface area contributed by atoms with E-state index in [9.17, 15) is 0 Å². The number of hydrogen-bond acceptors (Lipinski definition) is 4. The number of nitrogens with one attached hydrogen (secondary N) is 2. The van der Waals surface area contributed by atoms with Gasteiger partial charge in [0.25, 0.3) is 0 Å². The summed E-state index contributed by atoms with van der Waals surface area (Å²) in [4.78, 5) is 0. The Morgan fingerprint density at radius 2 is 1.54 bits per heavy atom. The first kappa shape index (κ1) is 18.4. The van der Waals surface area contributed by atoms with Gasteiger partial charge in [-0.05, 0) is 47.4 Å². The summed E-state index contributed by atoms with van der Waals surface area (Å²) in [6.45, 7) is 0.848. The van der Waals surface area contributed by atoms with Crippen LogP contribution in [0.25, 0.3) is 0 Å². The van der Waals surface area contributed by atoms with Crippen LogP contribution in [-0.2, 0) is 6.42 Å². The molecule has 1 heterocycles. The van der Waals surface area contributed by atoms with E-state index in [1.165, 1.54) is 16.7 Å². The lowest BCUT2D eigenvalue weighted by Crippen LogP contribution is -2.44. The Morgan fingerprint density at radius 1 is 0.893 bits per heavy atom. The molecule has 1 aliphatic heterocycles. The third-order valence-corrected chi connectivity index (χ3v) is 5.28. The number of fused-ring (bicyclic) bond motifs is 1. The summed E-state index contributed by atoms with van der Waals surface area (Å²) < 4.78 is 11.1. The Labute approximate surface area is 166 Å². The molecule has 0 radical (unpaired) electrons. The van der Waals surface area contributed by atoms with Gasteiger partial charge in [-0.25, -0.2) is 0 Å². The lowest BCUT2D eigenvalue weighted by atomic mass is 9.86. The third kappa shape index (κ3) is 3.82. The molecule has 0 saturated heterocycles. The zero-order chi connectivity index (χ0) is 19.3. The quantitative estimate of drug-likeness (QED) is 0.670. The maximum atomic E-state index is 5.55. The molecule has 28 heavy (non-hydrogen) atoms. The fraction of sp³-hybridized carbons (Fsp3) is 0.250. The Balaban J connectivity index is 1.65. The van der Waals surface area contributed by atoms with E-state index in [-0.39, 0.29) is 6.04 Å². The van der Waals surface area contributed by atoms with Crippen LogP contribution in [0, 0.1) is 0 Å². The van der Waals surface area contributed by atoms with Crippen molar-refractivity contribution in [2.45, 2.75) is 18.5 Å². The zero-order valence-corrected chi connectivity index (χ0v) is 16.3. The van der Waals surface area contributed by atoms with Crippen LogP contribution in [0.15, 0.2) is 72.8 Å². The van der Waals surface area contributed by atoms with Gasteiger partial charge in [0, 0.05) is 18.3 Å². The van der Waals surface area contributed by atoms with Gasteiger partial charge in [-0.3, -0.25) is 0 Å². The van der Waals surface area contributed by atoms with Crippen molar-refractivity contribution in [3.63, 3.8) is 0 Å². The molecule has 4 nitrogen and oxygen atoms in total. The van der Waals surface area contributed by atoms with Crippen LogP contribution in [0.5, 0.6) is 11.5 Å². The fourth-order valence-electron chi connectivity index (χ4n) is 3.88. The molecule has 0 amide bonds. The smallest absolute Gasteiger partial charge is 0.161 e. The highest BCUT2D eigenvalue weighted by Crippen LogP contribution is 2.38. The van der Waals surface area contributed by atoms with Crippen molar-refractivity contribution in [3.8, 4) is 11.5 Å². The Morgan fingerprint density at radius 3 is 2.21 bits per heavy atom. The summed E-state index contributed by atoms with van der Waals surface area (Å²) in [6, 6.07) is 25.6. The van der Waals surface area contributed by atoms with Crippen LogP contribution in [-0.4, -0.2) is 26.8 Å². The highest BCUT2D eigenvalue weighted by molar-refractivity contribution is 5.52. The second kappa shape index (κ2) is 8.36. The van der Waals surface area contributed by atoms with E-state index in [4.69, 9.17) is 9.47 Å². The van der Waals surface area contributed by atoms with Crippen LogP contribution in [0.4, 0.5) is 5.69 Å². The molecule has 1 aliphatic rings. The molecule has 144 valence electrons. The average Bonchev–Trinajstić information content (AvgIpc) is 2.77. The molecule has 0 spiro atoms. The van der Waals surface area contributed by atoms with E-state index in [1.54, 1.807) is 14.2 Å². The van der Waals surface area contributed by atoms with E-state index in [2.05, 4.69) is 77.4 Å². The summed E-state index contributed by atoms with van der Waals surface area (Å²) in [5.41, 5.74) is 4.93. The zero-order valence-electron chi connectivity index (χ0n) is 16.3. The molecule has 0 unspecified atom stereocenters. The SMILES string of the molecule is COc1cc2c(cc1OC)[C@H](c1ccccc1)N[C@H](CNc1ccccc1)C2. The second-order valence-electron chi connectivity index (χ2n) is 7.06. The number of anilines is 1. The number of rotatable bonds is 6. The predicted octanol–water partition coefficient (Wildman–Crippen LogP) is 4.42. The predicted molar refractivity (Wildman–Crippen MR) is 113 cm³/mol. The molecule has 0 aromatic heterocycles.